The van der Waals surface area contributed by atoms with Crippen LogP contribution in [0.25, 0.3) is 0 Å². The summed E-state index contributed by atoms with van der Waals surface area (Å²) in [5.74, 6) is -0.0217. The summed E-state index contributed by atoms with van der Waals surface area (Å²) in [6.07, 6.45) is 10.2. The van der Waals surface area contributed by atoms with Crippen LogP contribution in [0.5, 0.6) is 0 Å². The van der Waals surface area contributed by atoms with Crippen molar-refractivity contribution in [1.29, 1.82) is 0 Å². The Bertz CT molecular complexity index is 344. The molecule has 19 heavy (non-hydrogen) atoms. The average Bonchev–Trinajstić information content (AvgIpc) is 2.40. The molecule has 0 amide bonds. The van der Waals surface area contributed by atoms with E-state index in [0.717, 1.165) is 18.4 Å². The second-order valence-electron chi connectivity index (χ2n) is 5.22. The minimum absolute atomic E-state index is 0.0217. The van der Waals surface area contributed by atoms with E-state index in [1.165, 1.54) is 0 Å². The molecule has 2 N–H and O–H groups in total. The first-order chi connectivity index (χ1) is 9.07. The van der Waals surface area contributed by atoms with Crippen molar-refractivity contribution in [3.8, 4) is 0 Å². The van der Waals surface area contributed by atoms with E-state index in [1.807, 2.05) is 38.2 Å². The molecule has 0 unspecified atom stereocenters. The molecule has 0 radical (unpaired) electrons. The maximum Gasteiger partial charge on any atom is 0.110 e. The van der Waals surface area contributed by atoms with Crippen LogP contribution in [0.4, 0.5) is 0 Å². The van der Waals surface area contributed by atoms with Gasteiger partial charge in [-0.25, -0.2) is 0 Å². The van der Waals surface area contributed by atoms with Crippen LogP contribution >= 0.6 is 0 Å². The number of ether oxygens (including phenoxy) is 1. The van der Waals surface area contributed by atoms with Gasteiger partial charge < -0.3 is 14.9 Å². The van der Waals surface area contributed by atoms with Crippen molar-refractivity contribution in [3.05, 3.63) is 36.0 Å². The summed E-state index contributed by atoms with van der Waals surface area (Å²) in [7, 11) is 0. The number of rotatable bonds is 5. The van der Waals surface area contributed by atoms with Crippen molar-refractivity contribution in [2.45, 2.75) is 51.9 Å². The number of aliphatic hydroxyl groups excluding tert-OH is 2. The van der Waals surface area contributed by atoms with Crippen LogP contribution in [0, 0.1) is 5.92 Å². The summed E-state index contributed by atoms with van der Waals surface area (Å²) in [5, 5.41) is 19.8. The van der Waals surface area contributed by atoms with E-state index in [-0.39, 0.29) is 5.92 Å². The standard InChI is InChI=1S/C16H26O3/c1-4-5-6-7-8-9-10-12(2)16-15(18)14(17)13(3)11-19-16/h6-10,13-18H,4-5,11H2,1-3H3/b7-6+,9-8+,12-10+/t13-,14+,15+,16-/m0/s1. The zero-order chi connectivity index (χ0) is 14.3. The van der Waals surface area contributed by atoms with Crippen LogP contribution in [0.3, 0.4) is 0 Å². The first-order valence-electron chi connectivity index (χ1n) is 7.05. The summed E-state index contributed by atoms with van der Waals surface area (Å²) in [6.45, 7) is 6.42. The van der Waals surface area contributed by atoms with Gasteiger partial charge in [-0.05, 0) is 18.9 Å². The molecule has 1 saturated heterocycles. The first kappa shape index (κ1) is 16.2. The smallest absolute Gasteiger partial charge is 0.110 e. The quantitative estimate of drug-likeness (QED) is 0.752. The molecule has 0 saturated carbocycles. The van der Waals surface area contributed by atoms with Crippen LogP contribution in [-0.4, -0.2) is 35.1 Å². The Morgan fingerprint density at radius 2 is 1.95 bits per heavy atom. The second-order valence-corrected chi connectivity index (χ2v) is 5.22. The Morgan fingerprint density at radius 1 is 1.21 bits per heavy atom. The Kier molecular flexibility index (Phi) is 7.06. The Labute approximate surface area is 116 Å². The van der Waals surface area contributed by atoms with Crippen LogP contribution < -0.4 is 0 Å². The van der Waals surface area contributed by atoms with Gasteiger partial charge >= 0.3 is 0 Å². The number of hydrogen-bond acceptors (Lipinski definition) is 3. The van der Waals surface area contributed by atoms with E-state index in [0.29, 0.717) is 6.61 Å². The minimum Gasteiger partial charge on any atom is -0.390 e. The van der Waals surface area contributed by atoms with Gasteiger partial charge in [0.2, 0.25) is 0 Å². The van der Waals surface area contributed by atoms with E-state index in [4.69, 9.17) is 4.74 Å². The third-order valence-electron chi connectivity index (χ3n) is 3.40. The third-order valence-corrected chi connectivity index (χ3v) is 3.40. The maximum absolute atomic E-state index is 10.00. The van der Waals surface area contributed by atoms with Gasteiger partial charge in [0, 0.05) is 5.92 Å². The topological polar surface area (TPSA) is 49.7 Å². The molecule has 0 bridgehead atoms. The predicted molar refractivity (Wildman–Crippen MR) is 77.9 cm³/mol. The zero-order valence-electron chi connectivity index (χ0n) is 12.1. The summed E-state index contributed by atoms with van der Waals surface area (Å²) in [4.78, 5) is 0. The molecule has 0 spiro atoms. The van der Waals surface area contributed by atoms with Crippen molar-refractivity contribution in [2.24, 2.45) is 5.92 Å². The highest BCUT2D eigenvalue weighted by Gasteiger charge is 2.36. The van der Waals surface area contributed by atoms with Crippen molar-refractivity contribution in [2.75, 3.05) is 6.61 Å². The molecule has 4 atom stereocenters. The van der Waals surface area contributed by atoms with E-state index < -0.39 is 18.3 Å². The molecule has 0 aromatic carbocycles. The molecule has 1 fully saturated rings. The van der Waals surface area contributed by atoms with Crippen molar-refractivity contribution in [3.63, 3.8) is 0 Å². The fourth-order valence-electron chi connectivity index (χ4n) is 2.08. The first-order valence-corrected chi connectivity index (χ1v) is 7.05. The van der Waals surface area contributed by atoms with Crippen LogP contribution in [0.2, 0.25) is 0 Å². The highest BCUT2D eigenvalue weighted by molar-refractivity contribution is 5.20. The molecule has 1 aliphatic heterocycles. The largest absolute Gasteiger partial charge is 0.390 e. The molecule has 1 heterocycles. The lowest BCUT2D eigenvalue weighted by Crippen LogP contribution is -2.49. The van der Waals surface area contributed by atoms with E-state index >= 15 is 0 Å². The molecule has 0 aromatic heterocycles. The van der Waals surface area contributed by atoms with Gasteiger partial charge in [0.1, 0.15) is 12.2 Å². The van der Waals surface area contributed by atoms with E-state index in [2.05, 4.69) is 13.0 Å². The van der Waals surface area contributed by atoms with Gasteiger partial charge in [0.25, 0.3) is 0 Å². The van der Waals surface area contributed by atoms with E-state index in [1.54, 1.807) is 0 Å². The van der Waals surface area contributed by atoms with Crippen molar-refractivity contribution >= 4 is 0 Å². The number of aliphatic hydroxyl groups is 2. The van der Waals surface area contributed by atoms with Crippen LogP contribution in [0.1, 0.15) is 33.6 Å². The number of unbranched alkanes of at least 4 members (excludes halogenated alkanes) is 1. The number of allylic oxidation sites excluding steroid dienone is 5. The summed E-state index contributed by atoms with van der Waals surface area (Å²) in [5.41, 5.74) is 0.929. The maximum atomic E-state index is 10.00. The van der Waals surface area contributed by atoms with Gasteiger partial charge in [0.15, 0.2) is 0 Å². The van der Waals surface area contributed by atoms with Crippen LogP contribution in [-0.2, 0) is 4.74 Å². The molecule has 1 aliphatic rings. The lowest BCUT2D eigenvalue weighted by Gasteiger charge is -2.36. The van der Waals surface area contributed by atoms with Gasteiger partial charge in [-0.3, -0.25) is 0 Å². The van der Waals surface area contributed by atoms with E-state index in [9.17, 15) is 10.2 Å². The molecule has 3 nitrogen and oxygen atoms in total. The molecule has 3 heteroatoms. The lowest BCUT2D eigenvalue weighted by molar-refractivity contribution is -0.147. The average molecular weight is 266 g/mol. The molecule has 0 aliphatic carbocycles. The fraction of sp³-hybridized carbons (Fsp3) is 0.625. The molecular weight excluding hydrogens is 240 g/mol. The minimum atomic E-state index is -0.843. The molecular formula is C16H26O3. The normalized spacial score (nSPS) is 33.4. The molecule has 1 rings (SSSR count). The SMILES string of the molecule is CCC/C=C/C=C/C=C(\C)[C@@H]1OC[C@H](C)[C@@H](O)[C@H]1O. The van der Waals surface area contributed by atoms with Gasteiger partial charge in [0.05, 0.1) is 12.7 Å². The highest BCUT2D eigenvalue weighted by Crippen LogP contribution is 2.24. The lowest BCUT2D eigenvalue weighted by atomic mass is 9.90. The number of hydrogen-bond donors (Lipinski definition) is 2. The summed E-state index contributed by atoms with van der Waals surface area (Å²) in [6, 6.07) is 0. The fourth-order valence-corrected chi connectivity index (χ4v) is 2.08. The Hall–Kier alpha value is -0.900. The Balaban J connectivity index is 2.54. The van der Waals surface area contributed by atoms with Crippen molar-refractivity contribution in [1.82, 2.24) is 0 Å². The van der Waals surface area contributed by atoms with Crippen molar-refractivity contribution < 1.29 is 14.9 Å². The zero-order valence-corrected chi connectivity index (χ0v) is 12.1. The summed E-state index contributed by atoms with van der Waals surface area (Å²) < 4.78 is 5.60. The summed E-state index contributed by atoms with van der Waals surface area (Å²) >= 11 is 0. The highest BCUT2D eigenvalue weighted by atomic mass is 16.5. The third kappa shape index (κ3) is 4.94. The van der Waals surface area contributed by atoms with Gasteiger partial charge in [-0.1, -0.05) is 50.6 Å². The molecule has 0 aromatic rings. The predicted octanol–water partition coefficient (Wildman–Crippen LogP) is 2.60. The van der Waals surface area contributed by atoms with Gasteiger partial charge in [-0.2, -0.15) is 0 Å². The monoisotopic (exact) mass is 266 g/mol. The van der Waals surface area contributed by atoms with Crippen LogP contribution in [0.15, 0.2) is 36.0 Å². The molecule has 108 valence electrons. The Morgan fingerprint density at radius 3 is 2.63 bits per heavy atom. The second kappa shape index (κ2) is 8.31. The van der Waals surface area contributed by atoms with Gasteiger partial charge in [-0.15, -0.1) is 0 Å².